The van der Waals surface area contributed by atoms with Gasteiger partial charge in [0, 0.05) is 19.5 Å². The lowest BCUT2D eigenvalue weighted by molar-refractivity contribution is -0.128. The van der Waals surface area contributed by atoms with E-state index in [9.17, 15) is 9.59 Å². The Bertz CT molecular complexity index is 637. The largest absolute Gasteiger partial charge is 0.472 e. The number of furan rings is 1. The number of carbonyl (C=O) groups excluding carboxylic acids is 2. The lowest BCUT2D eigenvalue weighted by Crippen LogP contribution is -2.38. The van der Waals surface area contributed by atoms with Gasteiger partial charge in [-0.05, 0) is 18.1 Å². The number of benzene rings is 1. The SMILES string of the molecule is O=C(N[C@H](CN1CCCC1=O)c1ccccc1)c1ccoc1. The number of rotatable bonds is 5. The van der Waals surface area contributed by atoms with Crippen molar-refractivity contribution in [2.75, 3.05) is 13.1 Å². The Morgan fingerprint density at radius 1 is 1.27 bits per heavy atom. The van der Waals surface area contributed by atoms with Gasteiger partial charge in [0.2, 0.25) is 5.91 Å². The molecule has 0 radical (unpaired) electrons. The third-order valence-corrected chi connectivity index (χ3v) is 3.86. The molecule has 5 heteroatoms. The van der Waals surface area contributed by atoms with Crippen molar-refractivity contribution >= 4 is 11.8 Å². The summed E-state index contributed by atoms with van der Waals surface area (Å²) in [5.41, 5.74) is 1.47. The van der Waals surface area contributed by atoms with Crippen molar-refractivity contribution < 1.29 is 14.0 Å². The Hall–Kier alpha value is -2.56. The van der Waals surface area contributed by atoms with Crippen LogP contribution in [0.15, 0.2) is 53.3 Å². The lowest BCUT2D eigenvalue weighted by atomic mass is 10.1. The molecule has 3 rings (SSSR count). The molecule has 0 unspecified atom stereocenters. The summed E-state index contributed by atoms with van der Waals surface area (Å²) in [5, 5.41) is 2.99. The van der Waals surface area contributed by atoms with Gasteiger partial charge in [-0.1, -0.05) is 30.3 Å². The average molecular weight is 298 g/mol. The molecule has 0 saturated carbocycles. The highest BCUT2D eigenvalue weighted by Crippen LogP contribution is 2.19. The van der Waals surface area contributed by atoms with E-state index in [2.05, 4.69) is 5.32 Å². The molecule has 1 aliphatic rings. The number of nitrogens with zero attached hydrogens (tertiary/aromatic N) is 1. The quantitative estimate of drug-likeness (QED) is 0.921. The van der Waals surface area contributed by atoms with Crippen molar-refractivity contribution in [2.45, 2.75) is 18.9 Å². The summed E-state index contributed by atoms with van der Waals surface area (Å²) < 4.78 is 4.95. The predicted molar refractivity (Wildman–Crippen MR) is 81.2 cm³/mol. The van der Waals surface area contributed by atoms with Gasteiger partial charge in [0.15, 0.2) is 0 Å². The molecule has 0 bridgehead atoms. The number of carbonyl (C=O) groups is 2. The van der Waals surface area contributed by atoms with E-state index in [-0.39, 0.29) is 17.9 Å². The van der Waals surface area contributed by atoms with Gasteiger partial charge in [-0.15, -0.1) is 0 Å². The fourth-order valence-electron chi connectivity index (χ4n) is 2.67. The van der Waals surface area contributed by atoms with E-state index in [4.69, 9.17) is 4.42 Å². The second-order valence-electron chi connectivity index (χ2n) is 5.39. The minimum atomic E-state index is -0.231. The zero-order chi connectivity index (χ0) is 15.4. The highest BCUT2D eigenvalue weighted by atomic mass is 16.3. The molecular weight excluding hydrogens is 280 g/mol. The number of hydrogen-bond donors (Lipinski definition) is 1. The molecule has 5 nitrogen and oxygen atoms in total. The van der Waals surface area contributed by atoms with Gasteiger partial charge in [-0.25, -0.2) is 0 Å². The van der Waals surface area contributed by atoms with E-state index in [1.54, 1.807) is 6.07 Å². The van der Waals surface area contributed by atoms with Crippen LogP contribution in [-0.2, 0) is 4.79 Å². The van der Waals surface area contributed by atoms with Crippen LogP contribution in [0.2, 0.25) is 0 Å². The Balaban J connectivity index is 1.77. The maximum absolute atomic E-state index is 12.3. The van der Waals surface area contributed by atoms with E-state index in [1.165, 1.54) is 12.5 Å². The Morgan fingerprint density at radius 2 is 2.09 bits per heavy atom. The van der Waals surface area contributed by atoms with E-state index in [0.717, 1.165) is 18.5 Å². The van der Waals surface area contributed by atoms with Crippen LogP contribution in [0.4, 0.5) is 0 Å². The second kappa shape index (κ2) is 6.47. The molecule has 0 aliphatic carbocycles. The first-order valence-corrected chi connectivity index (χ1v) is 7.40. The highest BCUT2D eigenvalue weighted by Gasteiger charge is 2.25. The zero-order valence-electron chi connectivity index (χ0n) is 12.2. The van der Waals surface area contributed by atoms with Crippen LogP contribution in [0.1, 0.15) is 34.8 Å². The van der Waals surface area contributed by atoms with Gasteiger partial charge < -0.3 is 14.6 Å². The average Bonchev–Trinajstić information content (AvgIpc) is 3.20. The van der Waals surface area contributed by atoms with Crippen molar-refractivity contribution in [3.05, 3.63) is 60.1 Å². The van der Waals surface area contributed by atoms with Crippen LogP contribution in [0.5, 0.6) is 0 Å². The fourth-order valence-corrected chi connectivity index (χ4v) is 2.67. The molecule has 2 heterocycles. The smallest absolute Gasteiger partial charge is 0.255 e. The summed E-state index contributed by atoms with van der Waals surface area (Å²) in [4.78, 5) is 25.9. The minimum absolute atomic E-state index is 0.151. The number of likely N-dealkylation sites (tertiary alicyclic amines) is 1. The van der Waals surface area contributed by atoms with E-state index in [1.807, 2.05) is 35.2 Å². The van der Waals surface area contributed by atoms with Crippen LogP contribution in [-0.4, -0.2) is 29.8 Å². The normalized spacial score (nSPS) is 15.8. The summed E-state index contributed by atoms with van der Waals surface area (Å²) in [6, 6.07) is 11.1. The van der Waals surface area contributed by atoms with Crippen LogP contribution >= 0.6 is 0 Å². The second-order valence-corrected chi connectivity index (χ2v) is 5.39. The fraction of sp³-hybridized carbons (Fsp3) is 0.294. The molecule has 1 aliphatic heterocycles. The highest BCUT2D eigenvalue weighted by molar-refractivity contribution is 5.94. The number of nitrogens with one attached hydrogen (secondary N) is 1. The molecule has 1 aromatic carbocycles. The van der Waals surface area contributed by atoms with Gasteiger partial charge in [0.1, 0.15) is 6.26 Å². The van der Waals surface area contributed by atoms with Crippen molar-refractivity contribution in [3.8, 4) is 0 Å². The molecule has 1 atom stereocenters. The first kappa shape index (κ1) is 14.4. The summed E-state index contributed by atoms with van der Waals surface area (Å²) in [6.45, 7) is 1.25. The molecule has 1 fully saturated rings. The Kier molecular flexibility index (Phi) is 4.23. The predicted octanol–water partition coefficient (Wildman–Crippen LogP) is 2.37. The molecule has 1 saturated heterocycles. The van der Waals surface area contributed by atoms with Gasteiger partial charge in [0.05, 0.1) is 17.9 Å². The molecule has 1 N–H and O–H groups in total. The van der Waals surface area contributed by atoms with Gasteiger partial charge in [-0.2, -0.15) is 0 Å². The van der Waals surface area contributed by atoms with Crippen molar-refractivity contribution in [1.29, 1.82) is 0 Å². The summed E-state index contributed by atoms with van der Waals surface area (Å²) in [7, 11) is 0. The molecule has 0 spiro atoms. The summed E-state index contributed by atoms with van der Waals surface area (Å²) >= 11 is 0. The minimum Gasteiger partial charge on any atom is -0.472 e. The molecule has 22 heavy (non-hydrogen) atoms. The zero-order valence-corrected chi connectivity index (χ0v) is 12.2. The van der Waals surface area contributed by atoms with Crippen molar-refractivity contribution in [3.63, 3.8) is 0 Å². The van der Waals surface area contributed by atoms with Gasteiger partial charge >= 0.3 is 0 Å². The van der Waals surface area contributed by atoms with Crippen LogP contribution < -0.4 is 5.32 Å². The molecule has 1 aromatic heterocycles. The number of amides is 2. The standard InChI is InChI=1S/C17H18N2O3/c20-16-7-4-9-19(16)11-15(13-5-2-1-3-6-13)18-17(21)14-8-10-22-12-14/h1-3,5-6,8,10,12,15H,4,7,9,11H2,(H,18,21)/t15-/m1/s1. The van der Waals surface area contributed by atoms with Crippen LogP contribution in [0.3, 0.4) is 0 Å². The molecule has 2 aromatic rings. The van der Waals surface area contributed by atoms with Crippen LogP contribution in [0, 0.1) is 0 Å². The van der Waals surface area contributed by atoms with Crippen molar-refractivity contribution in [1.82, 2.24) is 10.2 Å². The summed E-state index contributed by atoms with van der Waals surface area (Å²) in [5.74, 6) is -0.0484. The monoisotopic (exact) mass is 298 g/mol. The van der Waals surface area contributed by atoms with E-state index in [0.29, 0.717) is 18.5 Å². The Morgan fingerprint density at radius 3 is 2.73 bits per heavy atom. The van der Waals surface area contributed by atoms with Crippen molar-refractivity contribution in [2.24, 2.45) is 0 Å². The Labute approximate surface area is 128 Å². The topological polar surface area (TPSA) is 62.6 Å². The lowest BCUT2D eigenvalue weighted by Gasteiger charge is -2.25. The maximum Gasteiger partial charge on any atom is 0.255 e. The van der Waals surface area contributed by atoms with Gasteiger partial charge in [0.25, 0.3) is 5.91 Å². The first-order valence-electron chi connectivity index (χ1n) is 7.40. The molecular formula is C17H18N2O3. The number of hydrogen-bond acceptors (Lipinski definition) is 3. The first-order chi connectivity index (χ1) is 10.7. The molecule has 114 valence electrons. The van der Waals surface area contributed by atoms with E-state index >= 15 is 0 Å². The third kappa shape index (κ3) is 3.19. The van der Waals surface area contributed by atoms with Gasteiger partial charge in [-0.3, -0.25) is 9.59 Å². The van der Waals surface area contributed by atoms with Crippen LogP contribution in [0.25, 0.3) is 0 Å². The maximum atomic E-state index is 12.3. The third-order valence-electron chi connectivity index (χ3n) is 3.86. The summed E-state index contributed by atoms with van der Waals surface area (Å²) in [6.07, 6.45) is 4.36. The molecule has 2 amide bonds. The van der Waals surface area contributed by atoms with E-state index < -0.39 is 0 Å².